The van der Waals surface area contributed by atoms with Crippen LogP contribution in [0, 0.1) is 0 Å². The summed E-state index contributed by atoms with van der Waals surface area (Å²) >= 11 is 8.65. The minimum atomic E-state index is -0.412. The average molecular weight is 450 g/mol. The molecule has 0 saturated carbocycles. The number of rotatable bonds is 7. The molecule has 0 aliphatic rings. The van der Waals surface area contributed by atoms with Crippen LogP contribution in [0.15, 0.2) is 41.1 Å². The molecule has 0 fully saturated rings. The van der Waals surface area contributed by atoms with Gasteiger partial charge in [0.05, 0.1) is 34.3 Å². The molecule has 0 saturated heterocycles. The van der Waals surface area contributed by atoms with E-state index in [1.807, 2.05) is 0 Å². The van der Waals surface area contributed by atoms with Crippen LogP contribution in [-0.4, -0.2) is 29.4 Å². The number of hydrogen-bond acceptors (Lipinski definition) is 7. The number of esters is 1. The number of nitrogens with zero attached hydrogens (tertiary/aromatic N) is 1. The lowest BCUT2D eigenvalue weighted by molar-refractivity contribution is -0.142. The van der Waals surface area contributed by atoms with Gasteiger partial charge in [0, 0.05) is 10.9 Å². The Bertz CT molecular complexity index is 1030. The number of nitrogens with one attached hydrogen (secondary N) is 2. The van der Waals surface area contributed by atoms with Crippen LogP contribution >= 0.6 is 34.3 Å². The van der Waals surface area contributed by atoms with Crippen LogP contribution < -0.4 is 10.6 Å². The Morgan fingerprint density at radius 1 is 1.14 bits per heavy atom. The van der Waals surface area contributed by atoms with Crippen molar-refractivity contribution in [3.8, 4) is 0 Å². The third-order valence-corrected chi connectivity index (χ3v) is 5.63. The fourth-order valence-corrected chi connectivity index (χ4v) is 3.82. The van der Waals surface area contributed by atoms with Gasteiger partial charge >= 0.3 is 5.97 Å². The van der Waals surface area contributed by atoms with Gasteiger partial charge in [0.25, 0.3) is 11.8 Å². The predicted octanol–water partition coefficient (Wildman–Crippen LogP) is 4.47. The zero-order valence-electron chi connectivity index (χ0n) is 15.2. The maximum Gasteiger partial charge on any atom is 0.311 e. The van der Waals surface area contributed by atoms with E-state index in [9.17, 15) is 14.4 Å². The number of hydrogen-bond donors (Lipinski definition) is 2. The normalized spacial score (nSPS) is 10.4. The first-order valence-electron chi connectivity index (χ1n) is 8.52. The molecule has 0 unspecified atom stereocenters. The molecule has 0 aliphatic heterocycles. The highest BCUT2D eigenvalue weighted by Gasteiger charge is 2.15. The lowest BCUT2D eigenvalue weighted by Crippen LogP contribution is -2.14. The molecule has 7 nitrogen and oxygen atoms in total. The van der Waals surface area contributed by atoms with Crippen molar-refractivity contribution < 1.29 is 19.1 Å². The molecule has 2 heterocycles. The van der Waals surface area contributed by atoms with E-state index in [1.165, 1.54) is 34.8 Å². The number of halogens is 1. The van der Waals surface area contributed by atoms with Crippen molar-refractivity contribution in [3.63, 3.8) is 0 Å². The van der Waals surface area contributed by atoms with Crippen molar-refractivity contribution >= 4 is 62.9 Å². The maximum absolute atomic E-state index is 12.5. The molecular weight excluding hydrogens is 434 g/mol. The van der Waals surface area contributed by atoms with Crippen LogP contribution in [0.5, 0.6) is 0 Å². The van der Waals surface area contributed by atoms with Gasteiger partial charge in [-0.25, -0.2) is 4.98 Å². The van der Waals surface area contributed by atoms with Crippen LogP contribution in [0.1, 0.15) is 32.6 Å². The van der Waals surface area contributed by atoms with E-state index in [-0.39, 0.29) is 18.3 Å². The van der Waals surface area contributed by atoms with Crippen LogP contribution in [-0.2, 0) is 16.0 Å². The highest BCUT2D eigenvalue weighted by molar-refractivity contribution is 7.14. The molecule has 0 radical (unpaired) electrons. The van der Waals surface area contributed by atoms with Gasteiger partial charge in [0.2, 0.25) is 0 Å². The molecule has 2 aromatic heterocycles. The predicted molar refractivity (Wildman–Crippen MR) is 114 cm³/mol. The van der Waals surface area contributed by atoms with Gasteiger partial charge in [-0.1, -0.05) is 17.7 Å². The first kappa shape index (κ1) is 21.0. The van der Waals surface area contributed by atoms with Crippen LogP contribution in [0.2, 0.25) is 5.02 Å². The number of carbonyl (C=O) groups excluding carboxylic acids is 3. The Kier molecular flexibility index (Phi) is 6.97. The second-order valence-corrected chi connectivity index (χ2v) is 7.92. The first-order chi connectivity index (χ1) is 14.0. The topological polar surface area (TPSA) is 97.4 Å². The number of amides is 2. The largest absolute Gasteiger partial charge is 0.466 e. The number of thiazole rings is 1. The number of ether oxygens (including phenoxy) is 1. The zero-order valence-corrected chi connectivity index (χ0v) is 17.6. The highest BCUT2D eigenvalue weighted by Crippen LogP contribution is 2.25. The van der Waals surface area contributed by atoms with Crippen molar-refractivity contribution in [2.75, 3.05) is 17.2 Å². The quantitative estimate of drug-likeness (QED) is 0.518. The van der Waals surface area contributed by atoms with E-state index in [0.717, 1.165) is 0 Å². The van der Waals surface area contributed by atoms with Gasteiger partial charge in [0.1, 0.15) is 0 Å². The Balaban J connectivity index is 1.67. The summed E-state index contributed by atoms with van der Waals surface area (Å²) in [6.07, 6.45) is 0.0417. The summed E-state index contributed by atoms with van der Waals surface area (Å²) in [6, 6.07) is 8.05. The first-order valence-corrected chi connectivity index (χ1v) is 10.7. The van der Waals surface area contributed by atoms with Crippen molar-refractivity contribution in [3.05, 3.63) is 62.2 Å². The van der Waals surface area contributed by atoms with E-state index < -0.39 is 5.91 Å². The van der Waals surface area contributed by atoms with Gasteiger partial charge in [-0.3, -0.25) is 19.7 Å². The molecule has 29 heavy (non-hydrogen) atoms. The van der Waals surface area contributed by atoms with Gasteiger partial charge in [-0.2, -0.15) is 0 Å². The Morgan fingerprint density at radius 3 is 2.69 bits per heavy atom. The molecule has 3 aromatic rings. The number of thiophene rings is 1. The molecule has 2 N–H and O–H groups in total. The molecule has 0 bridgehead atoms. The fourth-order valence-electron chi connectivity index (χ4n) is 2.33. The summed E-state index contributed by atoms with van der Waals surface area (Å²) in [5.41, 5.74) is 1.15. The second kappa shape index (κ2) is 9.64. The van der Waals surface area contributed by atoms with Gasteiger partial charge in [-0.05, 0) is 36.6 Å². The van der Waals surface area contributed by atoms with E-state index in [2.05, 4.69) is 15.6 Å². The summed E-state index contributed by atoms with van der Waals surface area (Å²) in [4.78, 5) is 41.0. The Labute approximate surface area is 179 Å². The lowest BCUT2D eigenvalue weighted by Gasteiger charge is -2.09. The van der Waals surface area contributed by atoms with Crippen LogP contribution in [0.25, 0.3) is 0 Å². The number of benzene rings is 1. The molecule has 0 atom stereocenters. The van der Waals surface area contributed by atoms with Crippen LogP contribution in [0.4, 0.5) is 10.8 Å². The third-order valence-electron chi connectivity index (χ3n) is 3.62. The molecule has 3 rings (SSSR count). The van der Waals surface area contributed by atoms with E-state index >= 15 is 0 Å². The third kappa shape index (κ3) is 5.63. The van der Waals surface area contributed by atoms with Crippen molar-refractivity contribution in [1.29, 1.82) is 0 Å². The smallest absolute Gasteiger partial charge is 0.311 e. The Morgan fingerprint density at radius 2 is 1.97 bits per heavy atom. The summed E-state index contributed by atoms with van der Waals surface area (Å²) in [6.45, 7) is 2.03. The van der Waals surface area contributed by atoms with Gasteiger partial charge in [-0.15, -0.1) is 22.7 Å². The number of anilines is 2. The lowest BCUT2D eigenvalue weighted by atomic mass is 10.2. The standard InChI is InChI=1S/C19H16ClN3O4S2/c1-2-27-16(24)9-12-10-29-19(21-12)23-17(25)11-5-6-13(20)14(8-11)22-18(26)15-4-3-7-28-15/h3-8,10H,2,9H2,1H3,(H,22,26)(H,21,23,25). The molecule has 150 valence electrons. The zero-order chi connectivity index (χ0) is 20.8. The van der Waals surface area contributed by atoms with Crippen molar-refractivity contribution in [1.82, 2.24) is 4.98 Å². The molecule has 0 spiro atoms. The van der Waals surface area contributed by atoms with E-state index in [1.54, 1.807) is 35.9 Å². The summed E-state index contributed by atoms with van der Waals surface area (Å²) in [5.74, 6) is -1.09. The maximum atomic E-state index is 12.5. The molecule has 2 amide bonds. The minimum absolute atomic E-state index is 0.0417. The Hall–Kier alpha value is -2.75. The van der Waals surface area contributed by atoms with Crippen LogP contribution in [0.3, 0.4) is 0 Å². The minimum Gasteiger partial charge on any atom is -0.466 e. The SMILES string of the molecule is CCOC(=O)Cc1csc(NC(=O)c2ccc(Cl)c(NC(=O)c3cccs3)c2)n1. The number of aromatic nitrogens is 1. The van der Waals surface area contributed by atoms with Gasteiger partial charge < -0.3 is 10.1 Å². The second-order valence-electron chi connectivity index (χ2n) is 5.71. The molecule has 1 aromatic carbocycles. The monoisotopic (exact) mass is 449 g/mol. The highest BCUT2D eigenvalue weighted by atomic mass is 35.5. The number of carbonyl (C=O) groups is 3. The fraction of sp³-hybridized carbons (Fsp3) is 0.158. The van der Waals surface area contributed by atoms with Gasteiger partial charge in [0.15, 0.2) is 5.13 Å². The van der Waals surface area contributed by atoms with E-state index in [0.29, 0.717) is 38.6 Å². The molecule has 0 aliphatic carbocycles. The average Bonchev–Trinajstić information content (AvgIpc) is 3.36. The summed E-state index contributed by atoms with van der Waals surface area (Å²) < 4.78 is 4.88. The van der Waals surface area contributed by atoms with Crippen molar-refractivity contribution in [2.24, 2.45) is 0 Å². The molecular formula is C19H16ClN3O4S2. The molecule has 10 heteroatoms. The van der Waals surface area contributed by atoms with Crippen molar-refractivity contribution in [2.45, 2.75) is 13.3 Å². The summed E-state index contributed by atoms with van der Waals surface area (Å²) in [5, 5.41) is 9.53. The summed E-state index contributed by atoms with van der Waals surface area (Å²) in [7, 11) is 0. The van der Waals surface area contributed by atoms with E-state index in [4.69, 9.17) is 16.3 Å².